The molecule has 0 saturated carbocycles. The molecule has 2 atom stereocenters. The maximum Gasteiger partial charge on any atom is 0.238 e. The average molecular weight is 218 g/mol. The van der Waals surface area contributed by atoms with Crippen LogP contribution in [0.3, 0.4) is 0 Å². The first-order valence-electron chi connectivity index (χ1n) is 4.50. The zero-order valence-corrected chi connectivity index (χ0v) is 9.90. The van der Waals surface area contributed by atoms with Gasteiger partial charge >= 0.3 is 0 Å². The summed E-state index contributed by atoms with van der Waals surface area (Å²) in [5.74, 6) is 0.550. The second kappa shape index (κ2) is 6.84. The zero-order valence-electron chi connectivity index (χ0n) is 9.09. The number of hydrogen-bond donors (Lipinski definition) is 2. The summed E-state index contributed by atoms with van der Waals surface area (Å²) in [7, 11) is 1.74. The summed E-state index contributed by atoms with van der Waals surface area (Å²) in [5, 5.41) is 5.55. The minimum absolute atomic E-state index is 0.0302. The van der Waals surface area contributed by atoms with Crippen LogP contribution in [0.25, 0.3) is 0 Å². The van der Waals surface area contributed by atoms with Crippen LogP contribution in [0.2, 0.25) is 0 Å². The largest absolute Gasteiger partial charge is 0.345 e. The Morgan fingerprint density at radius 2 is 2.00 bits per heavy atom. The van der Waals surface area contributed by atoms with Gasteiger partial charge < -0.3 is 10.6 Å². The molecule has 1 amide bonds. The molecule has 0 aromatic rings. The number of Topliss-reactive ketones (excluding diaryl/α,β-unsaturated/α-hetero) is 1. The number of carbonyl (C=O) groups excluding carboxylic acids is 2. The number of hydrogen-bond acceptors (Lipinski definition) is 4. The van der Waals surface area contributed by atoms with Crippen molar-refractivity contribution in [3.8, 4) is 0 Å². The maximum atomic E-state index is 11.5. The third-order valence-corrected chi connectivity index (χ3v) is 2.63. The van der Waals surface area contributed by atoms with E-state index in [0.717, 1.165) is 0 Å². The summed E-state index contributed by atoms with van der Waals surface area (Å²) in [6.45, 7) is 3.15. The molecule has 0 spiro atoms. The van der Waals surface area contributed by atoms with Crippen LogP contribution in [-0.4, -0.2) is 42.8 Å². The van der Waals surface area contributed by atoms with Crippen molar-refractivity contribution < 1.29 is 9.59 Å². The number of ketones is 1. The van der Waals surface area contributed by atoms with Crippen molar-refractivity contribution in [1.82, 2.24) is 10.6 Å². The normalized spacial score (nSPS) is 14.6. The fourth-order valence-electron chi connectivity index (χ4n) is 0.872. The molecule has 4 nitrogen and oxygen atoms in total. The summed E-state index contributed by atoms with van der Waals surface area (Å²) in [6.07, 6.45) is 1.94. The van der Waals surface area contributed by atoms with E-state index in [1.165, 1.54) is 6.92 Å². The molecule has 0 aliphatic rings. The van der Waals surface area contributed by atoms with Gasteiger partial charge in [-0.15, -0.1) is 0 Å². The Morgan fingerprint density at radius 3 is 2.36 bits per heavy atom. The molecular formula is C9H18N2O2S. The number of likely N-dealkylation sites (N-methyl/N-ethyl adjacent to an activating group) is 1. The van der Waals surface area contributed by atoms with Crippen LogP contribution in [0.5, 0.6) is 0 Å². The van der Waals surface area contributed by atoms with Crippen molar-refractivity contribution in [3.05, 3.63) is 0 Å². The van der Waals surface area contributed by atoms with Gasteiger partial charge in [-0.25, -0.2) is 0 Å². The number of thioether (sulfide) groups is 1. The van der Waals surface area contributed by atoms with E-state index in [4.69, 9.17) is 0 Å². The van der Waals surface area contributed by atoms with Gasteiger partial charge in [0.2, 0.25) is 5.91 Å². The van der Waals surface area contributed by atoms with Crippen LogP contribution >= 0.6 is 11.8 Å². The summed E-state index contributed by atoms with van der Waals surface area (Å²) in [4.78, 5) is 22.4. The van der Waals surface area contributed by atoms with E-state index in [9.17, 15) is 9.59 Å². The Bertz CT molecular complexity index is 209. The van der Waals surface area contributed by atoms with Crippen molar-refractivity contribution >= 4 is 23.5 Å². The fraction of sp³-hybridized carbons (Fsp3) is 0.778. The molecule has 0 fully saturated rings. The first-order valence-corrected chi connectivity index (χ1v) is 5.89. The van der Waals surface area contributed by atoms with Crippen molar-refractivity contribution in [3.63, 3.8) is 0 Å². The Balaban J connectivity index is 4.09. The lowest BCUT2D eigenvalue weighted by Gasteiger charge is -2.17. The van der Waals surface area contributed by atoms with E-state index in [-0.39, 0.29) is 17.7 Å². The molecule has 0 saturated heterocycles. The van der Waals surface area contributed by atoms with Gasteiger partial charge in [-0.1, -0.05) is 0 Å². The highest BCUT2D eigenvalue weighted by atomic mass is 32.2. The zero-order chi connectivity index (χ0) is 11.1. The van der Waals surface area contributed by atoms with E-state index in [1.807, 2.05) is 6.26 Å². The molecule has 0 rings (SSSR count). The summed E-state index contributed by atoms with van der Waals surface area (Å²) in [6, 6.07) is -0.632. The van der Waals surface area contributed by atoms with Gasteiger partial charge in [0, 0.05) is 5.75 Å². The Kier molecular flexibility index (Phi) is 6.57. The van der Waals surface area contributed by atoms with Gasteiger partial charge in [-0.2, -0.15) is 11.8 Å². The van der Waals surface area contributed by atoms with Crippen LogP contribution in [0.1, 0.15) is 13.8 Å². The van der Waals surface area contributed by atoms with Gasteiger partial charge in [0.25, 0.3) is 0 Å². The molecule has 0 unspecified atom stereocenters. The van der Waals surface area contributed by atoms with Crippen LogP contribution in [0.4, 0.5) is 0 Å². The second-order valence-corrected chi connectivity index (χ2v) is 4.05. The minimum atomic E-state index is -0.403. The fourth-order valence-corrected chi connectivity index (χ4v) is 1.52. The van der Waals surface area contributed by atoms with E-state index >= 15 is 0 Å². The predicted octanol–water partition coefficient (Wildman–Crippen LogP) is 0.0311. The van der Waals surface area contributed by atoms with Gasteiger partial charge in [-0.05, 0) is 27.2 Å². The first-order chi connectivity index (χ1) is 6.52. The van der Waals surface area contributed by atoms with E-state index in [0.29, 0.717) is 5.75 Å². The van der Waals surface area contributed by atoms with Crippen molar-refractivity contribution in [1.29, 1.82) is 0 Å². The monoisotopic (exact) mass is 218 g/mol. The molecule has 0 bridgehead atoms. The molecule has 2 N–H and O–H groups in total. The molecule has 0 aliphatic heterocycles. The van der Waals surface area contributed by atoms with Crippen LogP contribution < -0.4 is 10.6 Å². The average Bonchev–Trinajstić information content (AvgIpc) is 2.13. The lowest BCUT2D eigenvalue weighted by atomic mass is 10.2. The molecule has 0 radical (unpaired) electrons. The lowest BCUT2D eigenvalue weighted by molar-refractivity contribution is -0.127. The standard InChI is InChI=1S/C9H18N2O2S/c1-6(7(2)12)11-9(13)8(10-3)5-14-4/h6,8,10H,5H2,1-4H3,(H,11,13)/t6-,8-/m0/s1. The third-order valence-electron chi connectivity index (χ3n) is 1.97. The first kappa shape index (κ1) is 13.4. The van der Waals surface area contributed by atoms with E-state index in [2.05, 4.69) is 10.6 Å². The lowest BCUT2D eigenvalue weighted by Crippen LogP contribution is -2.48. The topological polar surface area (TPSA) is 58.2 Å². The molecule has 5 heteroatoms. The third kappa shape index (κ3) is 4.62. The molecule has 0 aliphatic carbocycles. The highest BCUT2D eigenvalue weighted by molar-refractivity contribution is 7.98. The molecule has 82 valence electrons. The smallest absolute Gasteiger partial charge is 0.238 e. The quantitative estimate of drug-likeness (QED) is 0.660. The van der Waals surface area contributed by atoms with Crippen LogP contribution in [-0.2, 0) is 9.59 Å². The molecular weight excluding hydrogens is 200 g/mol. The predicted molar refractivity (Wildman–Crippen MR) is 59.5 cm³/mol. The van der Waals surface area contributed by atoms with Crippen molar-refractivity contribution in [2.24, 2.45) is 0 Å². The molecule has 0 aromatic carbocycles. The van der Waals surface area contributed by atoms with Crippen LogP contribution in [0, 0.1) is 0 Å². The molecule has 0 heterocycles. The Morgan fingerprint density at radius 1 is 1.43 bits per heavy atom. The van der Waals surface area contributed by atoms with Gasteiger partial charge in [0.15, 0.2) is 5.78 Å². The summed E-state index contributed by atoms with van der Waals surface area (Å²) < 4.78 is 0. The molecule has 0 aromatic heterocycles. The highest BCUT2D eigenvalue weighted by Gasteiger charge is 2.18. The Labute approximate surface area is 89.2 Å². The SMILES string of the molecule is CN[C@@H](CSC)C(=O)N[C@@H](C)C(C)=O. The van der Waals surface area contributed by atoms with Crippen molar-refractivity contribution in [2.75, 3.05) is 19.1 Å². The van der Waals surface area contributed by atoms with Crippen LogP contribution in [0.15, 0.2) is 0 Å². The highest BCUT2D eigenvalue weighted by Crippen LogP contribution is 1.97. The number of carbonyl (C=O) groups is 2. The number of nitrogens with one attached hydrogen (secondary N) is 2. The van der Waals surface area contributed by atoms with Crippen molar-refractivity contribution in [2.45, 2.75) is 25.9 Å². The van der Waals surface area contributed by atoms with E-state index in [1.54, 1.807) is 25.7 Å². The van der Waals surface area contributed by atoms with Gasteiger partial charge in [0.05, 0.1) is 12.1 Å². The van der Waals surface area contributed by atoms with Gasteiger partial charge in [0.1, 0.15) is 0 Å². The minimum Gasteiger partial charge on any atom is -0.345 e. The number of amides is 1. The second-order valence-electron chi connectivity index (χ2n) is 3.14. The Hall–Kier alpha value is -0.550. The summed E-state index contributed by atoms with van der Waals surface area (Å²) in [5.41, 5.74) is 0. The van der Waals surface area contributed by atoms with E-state index < -0.39 is 6.04 Å². The number of rotatable bonds is 6. The van der Waals surface area contributed by atoms with Gasteiger partial charge in [-0.3, -0.25) is 9.59 Å². The maximum absolute atomic E-state index is 11.5. The molecule has 14 heavy (non-hydrogen) atoms. The summed E-state index contributed by atoms with van der Waals surface area (Å²) >= 11 is 1.59.